The molecule has 5 rings (SSSR count). The van der Waals surface area contributed by atoms with Crippen LogP contribution in [0.25, 0.3) is 5.69 Å². The van der Waals surface area contributed by atoms with Crippen LogP contribution in [0.4, 0.5) is 23.3 Å². The molecular formula is C25H32N8O3. The Morgan fingerprint density at radius 3 is 2.39 bits per heavy atom. The molecule has 1 amide bonds. The van der Waals surface area contributed by atoms with Gasteiger partial charge in [0.25, 0.3) is 5.91 Å². The molecule has 1 aromatic heterocycles. The van der Waals surface area contributed by atoms with Crippen molar-refractivity contribution in [3.63, 3.8) is 0 Å². The first-order valence-corrected chi connectivity index (χ1v) is 12.1. The number of nitrogen functional groups attached to an aromatic ring is 1. The highest BCUT2D eigenvalue weighted by atomic mass is 16.5. The van der Waals surface area contributed by atoms with Gasteiger partial charge in [-0.05, 0) is 43.4 Å². The molecule has 0 unspecified atom stereocenters. The summed E-state index contributed by atoms with van der Waals surface area (Å²) >= 11 is 0. The number of carbonyl (C=O) groups is 1. The summed E-state index contributed by atoms with van der Waals surface area (Å²) in [5.74, 6) is 1.30. The van der Waals surface area contributed by atoms with Gasteiger partial charge in [-0.25, -0.2) is 0 Å². The molecule has 0 radical (unpaired) electrons. The number of methoxy groups -OCH3 is 1. The first kappa shape index (κ1) is 23.9. The second-order valence-corrected chi connectivity index (χ2v) is 8.96. The number of hydrogen-bond donors (Lipinski definition) is 2. The topological polar surface area (TPSA) is 114 Å². The van der Waals surface area contributed by atoms with Crippen LogP contribution in [0, 0.1) is 0 Å². The number of rotatable bonds is 6. The van der Waals surface area contributed by atoms with E-state index in [-0.39, 0.29) is 11.9 Å². The van der Waals surface area contributed by atoms with Crippen LogP contribution in [0.1, 0.15) is 10.4 Å². The van der Waals surface area contributed by atoms with E-state index in [9.17, 15) is 4.79 Å². The van der Waals surface area contributed by atoms with Crippen molar-refractivity contribution in [3.05, 3.63) is 48.0 Å². The lowest BCUT2D eigenvalue weighted by atomic mass is 10.1. The molecule has 3 N–H and O–H groups in total. The zero-order valence-electron chi connectivity index (χ0n) is 20.7. The molecule has 190 valence electrons. The zero-order valence-corrected chi connectivity index (χ0v) is 20.7. The highest BCUT2D eigenvalue weighted by Crippen LogP contribution is 2.32. The number of aromatic nitrogens is 3. The molecule has 2 fully saturated rings. The van der Waals surface area contributed by atoms with E-state index in [1.165, 1.54) is 0 Å². The summed E-state index contributed by atoms with van der Waals surface area (Å²) in [6.07, 6.45) is 0. The van der Waals surface area contributed by atoms with Crippen molar-refractivity contribution in [2.45, 2.75) is 0 Å². The predicted molar refractivity (Wildman–Crippen MR) is 138 cm³/mol. The Morgan fingerprint density at radius 1 is 1.00 bits per heavy atom. The van der Waals surface area contributed by atoms with Crippen molar-refractivity contribution in [1.29, 1.82) is 0 Å². The van der Waals surface area contributed by atoms with E-state index in [1.807, 2.05) is 35.2 Å². The van der Waals surface area contributed by atoms with Gasteiger partial charge in [-0.15, -0.1) is 5.10 Å². The summed E-state index contributed by atoms with van der Waals surface area (Å²) in [7, 11) is 3.70. The molecular weight excluding hydrogens is 460 g/mol. The highest BCUT2D eigenvalue weighted by molar-refractivity contribution is 5.94. The van der Waals surface area contributed by atoms with E-state index in [0.29, 0.717) is 30.5 Å². The average Bonchev–Trinajstić information content (AvgIpc) is 3.29. The Hall–Kier alpha value is -3.83. The number of amides is 1. The molecule has 2 aliphatic rings. The van der Waals surface area contributed by atoms with E-state index >= 15 is 0 Å². The molecule has 0 spiro atoms. The fourth-order valence-electron chi connectivity index (χ4n) is 4.43. The smallest absolute Gasteiger partial charge is 0.253 e. The molecule has 3 heterocycles. The van der Waals surface area contributed by atoms with E-state index in [2.05, 4.69) is 32.2 Å². The maximum Gasteiger partial charge on any atom is 0.253 e. The summed E-state index contributed by atoms with van der Waals surface area (Å²) in [5, 5.41) is 7.73. The minimum atomic E-state index is 0.0381. The Bertz CT molecular complexity index is 1200. The fourth-order valence-corrected chi connectivity index (χ4v) is 4.43. The largest absolute Gasteiger partial charge is 0.494 e. The lowest BCUT2D eigenvalue weighted by Gasteiger charge is -2.32. The molecule has 2 aromatic carbocycles. The Labute approximate surface area is 210 Å². The summed E-state index contributed by atoms with van der Waals surface area (Å²) in [6.45, 7) is 6.36. The lowest BCUT2D eigenvalue weighted by Crippen LogP contribution is -2.47. The van der Waals surface area contributed by atoms with Crippen molar-refractivity contribution in [3.8, 4) is 11.4 Å². The van der Waals surface area contributed by atoms with Gasteiger partial charge in [-0.1, -0.05) is 0 Å². The van der Waals surface area contributed by atoms with Gasteiger partial charge in [0.1, 0.15) is 5.75 Å². The molecule has 0 saturated carbocycles. The number of nitrogens with two attached hydrogens (primary N) is 1. The third kappa shape index (κ3) is 5.07. The van der Waals surface area contributed by atoms with Gasteiger partial charge in [0.05, 0.1) is 31.7 Å². The number of carbonyl (C=O) groups excluding carboxylic acids is 1. The number of benzene rings is 2. The van der Waals surface area contributed by atoms with Gasteiger partial charge < -0.3 is 35.2 Å². The second kappa shape index (κ2) is 10.4. The van der Waals surface area contributed by atoms with Gasteiger partial charge in [0, 0.05) is 56.6 Å². The Kier molecular flexibility index (Phi) is 6.92. The molecule has 36 heavy (non-hydrogen) atoms. The number of likely N-dealkylation sites (N-methyl/N-ethyl adjacent to an activating group) is 1. The number of piperazine rings is 1. The van der Waals surface area contributed by atoms with Crippen LogP contribution in [0.2, 0.25) is 0 Å². The summed E-state index contributed by atoms with van der Waals surface area (Å²) in [4.78, 5) is 23.6. The molecule has 3 aromatic rings. The average molecular weight is 493 g/mol. The van der Waals surface area contributed by atoms with Gasteiger partial charge in [-0.2, -0.15) is 9.67 Å². The normalized spacial score (nSPS) is 16.7. The Balaban J connectivity index is 1.29. The number of nitrogens with zero attached hydrogens (tertiary/aromatic N) is 6. The summed E-state index contributed by atoms with van der Waals surface area (Å²) < 4.78 is 12.6. The van der Waals surface area contributed by atoms with Gasteiger partial charge in [0.15, 0.2) is 0 Å². The number of nitrogens with one attached hydrogen (secondary N) is 1. The molecule has 11 nitrogen and oxygen atoms in total. The molecule has 0 bridgehead atoms. The first-order valence-electron chi connectivity index (χ1n) is 12.1. The number of hydrogen-bond acceptors (Lipinski definition) is 9. The van der Waals surface area contributed by atoms with Gasteiger partial charge >= 0.3 is 0 Å². The third-order valence-corrected chi connectivity index (χ3v) is 6.59. The van der Waals surface area contributed by atoms with E-state index in [0.717, 1.165) is 56.3 Å². The molecule has 0 atom stereocenters. The molecule has 0 aliphatic carbocycles. The van der Waals surface area contributed by atoms with E-state index in [4.69, 9.17) is 15.2 Å². The minimum Gasteiger partial charge on any atom is -0.494 e. The van der Waals surface area contributed by atoms with Crippen LogP contribution in [0.5, 0.6) is 5.75 Å². The van der Waals surface area contributed by atoms with Crippen LogP contribution in [-0.2, 0) is 4.74 Å². The summed E-state index contributed by atoms with van der Waals surface area (Å²) in [5.41, 5.74) is 9.34. The maximum absolute atomic E-state index is 12.8. The van der Waals surface area contributed by atoms with Crippen LogP contribution in [0.3, 0.4) is 0 Å². The van der Waals surface area contributed by atoms with Crippen molar-refractivity contribution < 1.29 is 14.3 Å². The maximum atomic E-state index is 12.8. The second-order valence-electron chi connectivity index (χ2n) is 8.96. The zero-order chi connectivity index (χ0) is 25.1. The quantitative estimate of drug-likeness (QED) is 0.532. The van der Waals surface area contributed by atoms with E-state index in [1.54, 1.807) is 23.9 Å². The lowest BCUT2D eigenvalue weighted by molar-refractivity contribution is 0.0664. The van der Waals surface area contributed by atoms with Crippen molar-refractivity contribution >= 4 is 29.2 Å². The SMILES string of the molecule is COc1cc(N2CCOCC2)ccc1Nc1nc(N)n(-c2ccc(C(=O)N3CCN(C)CC3)cc2)n1. The van der Waals surface area contributed by atoms with E-state index < -0.39 is 0 Å². The van der Waals surface area contributed by atoms with Crippen LogP contribution >= 0.6 is 0 Å². The van der Waals surface area contributed by atoms with Gasteiger partial charge in [0.2, 0.25) is 11.9 Å². The predicted octanol–water partition coefficient (Wildman–Crippen LogP) is 1.83. The fraction of sp³-hybridized carbons (Fsp3) is 0.400. The van der Waals surface area contributed by atoms with Gasteiger partial charge in [-0.3, -0.25) is 4.79 Å². The number of anilines is 4. The Morgan fingerprint density at radius 2 is 1.69 bits per heavy atom. The standard InChI is InChI=1S/C25H32N8O3/c1-30-9-11-32(12-10-30)23(34)18-3-5-19(6-4-18)33-24(26)28-25(29-33)27-21-8-7-20(17-22(21)35-2)31-13-15-36-16-14-31/h3-8,17H,9-16H2,1-2H3,(H3,26,27,28,29). The van der Waals surface area contributed by atoms with Crippen molar-refractivity contribution in [2.75, 3.05) is 82.6 Å². The van der Waals surface area contributed by atoms with Crippen molar-refractivity contribution in [2.24, 2.45) is 0 Å². The minimum absolute atomic E-state index is 0.0381. The third-order valence-electron chi connectivity index (χ3n) is 6.59. The summed E-state index contributed by atoms with van der Waals surface area (Å²) in [6, 6.07) is 13.2. The molecule has 2 aliphatic heterocycles. The van der Waals surface area contributed by atoms with Crippen LogP contribution in [-0.4, -0.2) is 97.1 Å². The monoisotopic (exact) mass is 492 g/mol. The highest BCUT2D eigenvalue weighted by Gasteiger charge is 2.21. The number of morpholine rings is 1. The molecule has 11 heteroatoms. The van der Waals surface area contributed by atoms with Crippen LogP contribution < -0.4 is 20.7 Å². The molecule has 2 saturated heterocycles. The first-order chi connectivity index (χ1) is 17.5. The van der Waals surface area contributed by atoms with Crippen LogP contribution in [0.15, 0.2) is 42.5 Å². The number of ether oxygens (including phenoxy) is 2. The van der Waals surface area contributed by atoms with Crippen molar-refractivity contribution in [1.82, 2.24) is 24.6 Å².